The van der Waals surface area contributed by atoms with Crippen molar-refractivity contribution >= 4 is 41.6 Å². The van der Waals surface area contributed by atoms with Crippen molar-refractivity contribution < 1.29 is 4.79 Å². The Morgan fingerprint density at radius 1 is 1.06 bits per heavy atom. The van der Waals surface area contributed by atoms with Gasteiger partial charge in [-0.15, -0.1) is 0 Å². The van der Waals surface area contributed by atoms with Gasteiger partial charge in [-0.05, 0) is 48.9 Å². The molecule has 7 nitrogen and oxygen atoms in total. The molecule has 1 amide bonds. The molecular weight excluding hydrogens is 435 g/mol. The number of hydrogen-bond acceptors (Lipinski definition) is 5. The van der Waals surface area contributed by atoms with Crippen LogP contribution in [0, 0.1) is 0 Å². The first-order valence-electron chi connectivity index (χ1n) is 12.1. The van der Waals surface area contributed by atoms with Crippen molar-refractivity contribution in [2.24, 2.45) is 0 Å². The molecule has 2 aromatic carbocycles. The van der Waals surface area contributed by atoms with Crippen LogP contribution in [0.1, 0.15) is 23.5 Å². The van der Waals surface area contributed by atoms with Gasteiger partial charge in [0.25, 0.3) is 0 Å². The lowest BCUT2D eigenvalue weighted by molar-refractivity contribution is -0.118. The number of anilines is 2. The zero-order valence-electron chi connectivity index (χ0n) is 19.6. The Morgan fingerprint density at radius 3 is 2.71 bits per heavy atom. The predicted octanol–water partition coefficient (Wildman–Crippen LogP) is 2.55. The molecule has 0 bridgehead atoms. The maximum absolute atomic E-state index is 12.9. The number of H-pyrrole nitrogens is 1. The van der Waals surface area contributed by atoms with Crippen molar-refractivity contribution in [2.45, 2.75) is 17.8 Å². The van der Waals surface area contributed by atoms with E-state index in [1.807, 2.05) is 24.4 Å². The third-order valence-electron chi connectivity index (χ3n) is 7.98. The van der Waals surface area contributed by atoms with Gasteiger partial charge < -0.3 is 15.1 Å². The van der Waals surface area contributed by atoms with Gasteiger partial charge in [0.15, 0.2) is 0 Å². The van der Waals surface area contributed by atoms with Crippen LogP contribution in [0.4, 0.5) is 11.5 Å². The molecule has 35 heavy (non-hydrogen) atoms. The van der Waals surface area contributed by atoms with Gasteiger partial charge in [0.2, 0.25) is 5.91 Å². The lowest BCUT2D eigenvalue weighted by Gasteiger charge is -2.33. The average molecular weight is 460 g/mol. The molecule has 1 saturated heterocycles. The van der Waals surface area contributed by atoms with Crippen molar-refractivity contribution in [1.29, 1.82) is 0 Å². The molecule has 2 atom stereocenters. The second-order valence-electron chi connectivity index (χ2n) is 10.1. The number of carbonyl (C=O) groups is 1. The van der Waals surface area contributed by atoms with E-state index in [1.54, 1.807) is 0 Å². The molecule has 8 heteroatoms. The number of nitrogens with zero attached hydrogens (tertiary/aromatic N) is 4. The largest absolute Gasteiger partial charge is 0.354 e. The van der Waals surface area contributed by atoms with Crippen LogP contribution in [0.3, 0.4) is 0 Å². The Morgan fingerprint density at radius 2 is 1.91 bits per heavy atom. The summed E-state index contributed by atoms with van der Waals surface area (Å²) in [6, 6.07) is 16.2. The minimum absolute atomic E-state index is 0.0695. The molecule has 1 aliphatic carbocycles. The minimum Gasteiger partial charge on any atom is -0.354 e. The Labute approximate surface area is 204 Å². The number of nitrogens with one attached hydrogen (secondary N) is 2. The van der Waals surface area contributed by atoms with Gasteiger partial charge in [0.1, 0.15) is 19.4 Å². The SMILES string of the molecule is [B]c1ccc2c(c1)[C@]1(CC1c1ccc3c(-c4ccc(N5CCN(C)CC5)nc4)n[nH]c3c1)C(=O)N2. The van der Waals surface area contributed by atoms with E-state index in [9.17, 15) is 4.79 Å². The summed E-state index contributed by atoms with van der Waals surface area (Å²) in [5.41, 5.74) is 6.07. The second-order valence-corrected chi connectivity index (χ2v) is 10.1. The molecule has 4 heterocycles. The first kappa shape index (κ1) is 20.7. The molecule has 1 unspecified atom stereocenters. The molecule has 172 valence electrons. The third-order valence-corrected chi connectivity index (χ3v) is 7.98. The number of aromatic nitrogens is 3. The van der Waals surface area contributed by atoms with Gasteiger partial charge in [-0.1, -0.05) is 29.7 Å². The average Bonchev–Trinajstić information content (AvgIpc) is 3.40. The lowest BCUT2D eigenvalue weighted by Crippen LogP contribution is -2.44. The highest BCUT2D eigenvalue weighted by molar-refractivity contribution is 6.32. The number of piperazine rings is 1. The number of pyridine rings is 1. The van der Waals surface area contributed by atoms with E-state index in [4.69, 9.17) is 12.8 Å². The first-order valence-corrected chi connectivity index (χ1v) is 12.1. The summed E-state index contributed by atoms with van der Waals surface area (Å²) in [5.74, 6) is 1.21. The van der Waals surface area contributed by atoms with Crippen molar-refractivity contribution in [1.82, 2.24) is 20.1 Å². The molecule has 4 aromatic rings. The molecule has 2 aliphatic heterocycles. The Bertz CT molecular complexity index is 1470. The van der Waals surface area contributed by atoms with Crippen LogP contribution in [-0.2, 0) is 10.2 Å². The number of benzene rings is 2. The van der Waals surface area contributed by atoms with E-state index in [-0.39, 0.29) is 11.8 Å². The molecule has 2 fully saturated rings. The Balaban J connectivity index is 1.17. The van der Waals surface area contributed by atoms with Crippen molar-refractivity contribution in [2.75, 3.05) is 43.4 Å². The van der Waals surface area contributed by atoms with Gasteiger partial charge in [0.05, 0.1) is 10.9 Å². The second kappa shape index (κ2) is 7.42. The lowest BCUT2D eigenvalue weighted by atomic mass is 9.86. The van der Waals surface area contributed by atoms with E-state index in [0.717, 1.165) is 77.4 Å². The van der Waals surface area contributed by atoms with Gasteiger partial charge in [-0.3, -0.25) is 9.89 Å². The number of aromatic amines is 1. The van der Waals surface area contributed by atoms with Crippen LogP contribution in [0.2, 0.25) is 0 Å². The summed E-state index contributed by atoms with van der Waals surface area (Å²) in [5, 5.41) is 11.9. The molecular formula is C27H25BN6O. The van der Waals surface area contributed by atoms with Crippen LogP contribution < -0.4 is 15.7 Å². The third kappa shape index (κ3) is 3.13. The Kier molecular flexibility index (Phi) is 4.39. The fourth-order valence-electron chi connectivity index (χ4n) is 5.83. The molecule has 2 N–H and O–H groups in total. The Hall–Kier alpha value is -3.65. The van der Waals surface area contributed by atoms with Crippen LogP contribution >= 0.6 is 0 Å². The molecule has 2 aromatic heterocycles. The summed E-state index contributed by atoms with van der Waals surface area (Å²) in [7, 11) is 8.19. The zero-order chi connectivity index (χ0) is 23.7. The predicted molar refractivity (Wildman–Crippen MR) is 139 cm³/mol. The monoisotopic (exact) mass is 460 g/mol. The number of likely N-dealkylation sites (N-methyl/N-ethyl adjacent to an activating group) is 1. The van der Waals surface area contributed by atoms with Gasteiger partial charge in [0, 0.05) is 54.9 Å². The van der Waals surface area contributed by atoms with Crippen molar-refractivity contribution in [3.63, 3.8) is 0 Å². The number of fused-ring (bicyclic) bond motifs is 3. The normalized spacial score (nSPS) is 23.6. The first-order chi connectivity index (χ1) is 17.0. The van der Waals surface area contributed by atoms with Crippen LogP contribution in [0.25, 0.3) is 22.2 Å². The van der Waals surface area contributed by atoms with Crippen LogP contribution in [0.5, 0.6) is 0 Å². The number of carbonyl (C=O) groups excluding carboxylic acids is 1. The number of hydrogen-bond donors (Lipinski definition) is 2. The van der Waals surface area contributed by atoms with Crippen LogP contribution in [-0.4, -0.2) is 67.1 Å². The molecule has 1 saturated carbocycles. The topological polar surface area (TPSA) is 77.2 Å². The fourth-order valence-corrected chi connectivity index (χ4v) is 5.83. The van der Waals surface area contributed by atoms with Gasteiger partial charge >= 0.3 is 0 Å². The van der Waals surface area contributed by atoms with Gasteiger partial charge in [-0.2, -0.15) is 5.10 Å². The quantitative estimate of drug-likeness (QED) is 0.460. The van der Waals surface area contributed by atoms with Crippen molar-refractivity contribution in [3.05, 3.63) is 65.9 Å². The summed E-state index contributed by atoms with van der Waals surface area (Å²) < 4.78 is 0. The molecule has 2 radical (unpaired) electrons. The maximum atomic E-state index is 12.9. The van der Waals surface area contributed by atoms with E-state index >= 15 is 0 Å². The highest BCUT2D eigenvalue weighted by atomic mass is 16.2. The molecule has 1 spiro atoms. The molecule has 3 aliphatic rings. The summed E-state index contributed by atoms with van der Waals surface area (Å²) in [6.45, 7) is 4.10. The van der Waals surface area contributed by atoms with E-state index in [2.05, 4.69) is 62.7 Å². The van der Waals surface area contributed by atoms with E-state index < -0.39 is 5.41 Å². The summed E-state index contributed by atoms with van der Waals surface area (Å²) in [4.78, 5) is 22.3. The van der Waals surface area contributed by atoms with E-state index in [1.165, 1.54) is 0 Å². The molecule has 7 rings (SSSR count). The maximum Gasteiger partial charge on any atom is 0.235 e. The summed E-state index contributed by atoms with van der Waals surface area (Å²) >= 11 is 0. The van der Waals surface area contributed by atoms with Crippen LogP contribution in [0.15, 0.2) is 54.7 Å². The fraction of sp³-hybridized carbons (Fsp3) is 0.296. The summed E-state index contributed by atoms with van der Waals surface area (Å²) in [6.07, 6.45) is 2.71. The highest BCUT2D eigenvalue weighted by Gasteiger charge is 2.65. The standard InChI is InChI=1S/C27H25BN6O/c1-33-8-10-34(11-9-33)24-7-3-17(15-29-24)25-19-5-2-16(12-23(19)31-32-25)21-14-27(21)20-13-18(28)4-6-22(20)30-26(27)35/h2-7,12-13,15,21H,8-11,14H2,1H3,(H,30,35)(H,31,32)/t21?,27-/m0/s1. The minimum atomic E-state index is -0.510. The number of amides is 1. The van der Waals surface area contributed by atoms with E-state index in [0.29, 0.717) is 5.46 Å². The smallest absolute Gasteiger partial charge is 0.235 e. The highest BCUT2D eigenvalue weighted by Crippen LogP contribution is 2.64. The zero-order valence-corrected chi connectivity index (χ0v) is 19.6. The van der Waals surface area contributed by atoms with Crippen molar-refractivity contribution in [3.8, 4) is 11.3 Å². The number of rotatable bonds is 3. The van der Waals surface area contributed by atoms with Gasteiger partial charge in [-0.25, -0.2) is 4.98 Å².